The zero-order valence-electron chi connectivity index (χ0n) is 10.7. The molecule has 1 aliphatic rings. The molecule has 1 saturated heterocycles. The second-order valence-corrected chi connectivity index (χ2v) is 4.95. The summed E-state index contributed by atoms with van der Waals surface area (Å²) in [6, 6.07) is 4.92. The van der Waals surface area contributed by atoms with Crippen LogP contribution in [0.2, 0.25) is 0 Å². The van der Waals surface area contributed by atoms with E-state index < -0.39 is 0 Å². The van der Waals surface area contributed by atoms with Crippen LogP contribution in [0.15, 0.2) is 22.8 Å². The average molecular weight is 238 g/mol. The van der Waals surface area contributed by atoms with Crippen LogP contribution in [0, 0.1) is 0 Å². The maximum Gasteiger partial charge on any atom is 0.117 e. The fraction of sp³-hybridized carbons (Fsp3) is 0.692. The molecule has 0 radical (unpaired) electrons. The predicted octanol–water partition coefficient (Wildman–Crippen LogP) is 1.17. The van der Waals surface area contributed by atoms with E-state index in [2.05, 4.69) is 23.8 Å². The van der Waals surface area contributed by atoms with E-state index >= 15 is 0 Å². The Labute approximate surface area is 103 Å². The molecule has 1 aromatic heterocycles. The number of furan rings is 1. The third-order valence-electron chi connectivity index (χ3n) is 3.68. The number of nitrogens with zero attached hydrogens (tertiary/aromatic N) is 2. The molecule has 4 heteroatoms. The molecule has 0 saturated carbocycles. The van der Waals surface area contributed by atoms with Crippen molar-refractivity contribution in [2.75, 3.05) is 26.7 Å². The fourth-order valence-electron chi connectivity index (χ4n) is 2.56. The Bertz CT molecular complexity index is 326. The molecule has 2 atom stereocenters. The summed E-state index contributed by atoms with van der Waals surface area (Å²) in [6.07, 6.45) is 2.57. The van der Waals surface area contributed by atoms with Gasteiger partial charge in [-0.1, -0.05) is 0 Å². The smallest absolute Gasteiger partial charge is 0.117 e. The van der Waals surface area contributed by atoms with Gasteiger partial charge in [0.2, 0.25) is 0 Å². The summed E-state index contributed by atoms with van der Waals surface area (Å²) < 4.78 is 5.39. The first kappa shape index (κ1) is 12.6. The number of aliphatic hydroxyl groups excluding tert-OH is 1. The van der Waals surface area contributed by atoms with E-state index in [9.17, 15) is 0 Å². The highest BCUT2D eigenvalue weighted by Gasteiger charge is 2.29. The molecule has 1 aromatic rings. The van der Waals surface area contributed by atoms with Gasteiger partial charge in [0.25, 0.3) is 0 Å². The van der Waals surface area contributed by atoms with E-state index in [1.165, 1.54) is 0 Å². The van der Waals surface area contributed by atoms with E-state index in [1.807, 2.05) is 12.1 Å². The molecular weight excluding hydrogens is 216 g/mol. The molecule has 4 nitrogen and oxygen atoms in total. The van der Waals surface area contributed by atoms with Gasteiger partial charge in [0.15, 0.2) is 0 Å². The van der Waals surface area contributed by atoms with Crippen LogP contribution < -0.4 is 0 Å². The minimum atomic E-state index is 0.260. The monoisotopic (exact) mass is 238 g/mol. The topological polar surface area (TPSA) is 39.9 Å². The number of rotatable bonds is 4. The van der Waals surface area contributed by atoms with Gasteiger partial charge in [0.1, 0.15) is 5.76 Å². The van der Waals surface area contributed by atoms with Crippen LogP contribution in [0.3, 0.4) is 0 Å². The van der Waals surface area contributed by atoms with Crippen molar-refractivity contribution < 1.29 is 9.52 Å². The van der Waals surface area contributed by atoms with Gasteiger partial charge < -0.3 is 9.52 Å². The summed E-state index contributed by atoms with van der Waals surface area (Å²) in [4.78, 5) is 4.78. The van der Waals surface area contributed by atoms with Crippen LogP contribution in [-0.2, 0) is 6.54 Å². The average Bonchev–Trinajstić information content (AvgIpc) is 2.78. The Morgan fingerprint density at radius 2 is 2.29 bits per heavy atom. The van der Waals surface area contributed by atoms with E-state index in [-0.39, 0.29) is 6.61 Å². The summed E-state index contributed by atoms with van der Waals surface area (Å²) in [5, 5.41) is 9.10. The third kappa shape index (κ3) is 3.09. The van der Waals surface area contributed by atoms with Gasteiger partial charge in [-0.05, 0) is 32.5 Å². The van der Waals surface area contributed by atoms with Crippen molar-refractivity contribution in [2.24, 2.45) is 0 Å². The maximum atomic E-state index is 9.10. The molecular formula is C13H22N2O2. The lowest BCUT2D eigenvalue weighted by Gasteiger charge is -2.43. The minimum Gasteiger partial charge on any atom is -0.468 e. The molecule has 0 aromatic carbocycles. The second-order valence-electron chi connectivity index (χ2n) is 4.95. The first-order valence-corrected chi connectivity index (χ1v) is 6.28. The van der Waals surface area contributed by atoms with Crippen molar-refractivity contribution >= 4 is 0 Å². The lowest BCUT2D eigenvalue weighted by molar-refractivity contribution is 0.0321. The molecule has 0 aliphatic carbocycles. The quantitative estimate of drug-likeness (QED) is 0.854. The summed E-state index contributed by atoms with van der Waals surface area (Å²) in [5.74, 6) is 1.02. The van der Waals surface area contributed by atoms with Crippen molar-refractivity contribution in [1.82, 2.24) is 9.80 Å². The van der Waals surface area contributed by atoms with E-state index in [1.54, 1.807) is 6.26 Å². The lowest BCUT2D eigenvalue weighted by atomic mass is 10.1. The molecule has 2 unspecified atom stereocenters. The molecule has 2 heterocycles. The molecule has 0 amide bonds. The summed E-state index contributed by atoms with van der Waals surface area (Å²) >= 11 is 0. The van der Waals surface area contributed by atoms with E-state index in [4.69, 9.17) is 9.52 Å². The zero-order valence-corrected chi connectivity index (χ0v) is 10.7. The van der Waals surface area contributed by atoms with Crippen LogP contribution >= 0.6 is 0 Å². The minimum absolute atomic E-state index is 0.260. The summed E-state index contributed by atoms with van der Waals surface area (Å²) in [5.41, 5.74) is 0. The van der Waals surface area contributed by atoms with Crippen molar-refractivity contribution in [3.63, 3.8) is 0 Å². The third-order valence-corrected chi connectivity index (χ3v) is 3.68. The lowest BCUT2D eigenvalue weighted by Crippen LogP contribution is -2.55. The van der Waals surface area contributed by atoms with Gasteiger partial charge in [0.05, 0.1) is 12.8 Å². The number of piperazine rings is 1. The Hall–Kier alpha value is -0.840. The van der Waals surface area contributed by atoms with Crippen molar-refractivity contribution in [1.29, 1.82) is 0 Å². The highest BCUT2D eigenvalue weighted by Crippen LogP contribution is 2.18. The van der Waals surface area contributed by atoms with Gasteiger partial charge in [-0.25, -0.2) is 0 Å². The molecule has 96 valence electrons. The van der Waals surface area contributed by atoms with Crippen molar-refractivity contribution in [3.8, 4) is 0 Å². The Morgan fingerprint density at radius 3 is 2.94 bits per heavy atom. The molecule has 0 bridgehead atoms. The van der Waals surface area contributed by atoms with Crippen molar-refractivity contribution in [3.05, 3.63) is 24.2 Å². The van der Waals surface area contributed by atoms with E-state index in [0.29, 0.717) is 12.1 Å². The highest BCUT2D eigenvalue weighted by atomic mass is 16.3. The SMILES string of the molecule is CC1CN(Cc2ccco2)CC(CCO)N1C. The van der Waals surface area contributed by atoms with Gasteiger partial charge >= 0.3 is 0 Å². The number of aliphatic hydroxyl groups is 1. The molecule has 1 aliphatic heterocycles. The van der Waals surface area contributed by atoms with Crippen LogP contribution in [-0.4, -0.2) is 53.7 Å². The van der Waals surface area contributed by atoms with Crippen LogP contribution in [0.4, 0.5) is 0 Å². The van der Waals surface area contributed by atoms with Crippen LogP contribution in [0.5, 0.6) is 0 Å². The maximum absolute atomic E-state index is 9.10. The van der Waals surface area contributed by atoms with Gasteiger partial charge in [-0.15, -0.1) is 0 Å². The fourth-order valence-corrected chi connectivity index (χ4v) is 2.56. The molecule has 2 rings (SSSR count). The summed E-state index contributed by atoms with van der Waals surface area (Å²) in [7, 11) is 2.15. The van der Waals surface area contributed by atoms with Gasteiger partial charge in [-0.2, -0.15) is 0 Å². The molecule has 17 heavy (non-hydrogen) atoms. The van der Waals surface area contributed by atoms with Crippen molar-refractivity contribution in [2.45, 2.75) is 32.0 Å². The first-order chi connectivity index (χ1) is 8.20. The Kier molecular flexibility index (Phi) is 4.20. The Balaban J connectivity index is 1.95. The largest absolute Gasteiger partial charge is 0.468 e. The first-order valence-electron chi connectivity index (χ1n) is 6.28. The number of hydrogen-bond donors (Lipinski definition) is 1. The molecule has 0 spiro atoms. The van der Waals surface area contributed by atoms with E-state index in [0.717, 1.165) is 31.8 Å². The number of likely N-dealkylation sites (N-methyl/N-ethyl adjacent to an activating group) is 1. The van der Waals surface area contributed by atoms with Crippen LogP contribution in [0.25, 0.3) is 0 Å². The highest BCUT2D eigenvalue weighted by molar-refractivity contribution is 4.99. The zero-order chi connectivity index (χ0) is 12.3. The predicted molar refractivity (Wildman–Crippen MR) is 66.7 cm³/mol. The van der Waals surface area contributed by atoms with Gasteiger partial charge in [0, 0.05) is 31.8 Å². The summed E-state index contributed by atoms with van der Waals surface area (Å²) in [6.45, 7) is 5.42. The Morgan fingerprint density at radius 1 is 1.47 bits per heavy atom. The number of hydrogen-bond acceptors (Lipinski definition) is 4. The molecule has 1 fully saturated rings. The second kappa shape index (κ2) is 5.67. The standard InChI is InChI=1S/C13H22N2O2/c1-11-8-15(10-13-4-3-7-17-13)9-12(5-6-16)14(11)2/h3-4,7,11-12,16H,5-6,8-10H2,1-2H3. The van der Waals surface area contributed by atoms with Gasteiger partial charge in [-0.3, -0.25) is 9.80 Å². The molecule has 1 N–H and O–H groups in total. The van der Waals surface area contributed by atoms with Crippen LogP contribution in [0.1, 0.15) is 19.1 Å². The normalized spacial score (nSPS) is 27.5.